The van der Waals surface area contributed by atoms with Gasteiger partial charge in [-0.2, -0.15) is 0 Å². The maximum atomic E-state index is 12.4. The number of nitrogens with zero attached hydrogens (tertiary/aromatic N) is 1. The number of ether oxygens (including phenoxy) is 1. The summed E-state index contributed by atoms with van der Waals surface area (Å²) in [5, 5.41) is 0. The highest BCUT2D eigenvalue weighted by Gasteiger charge is 2.48. The topological polar surface area (TPSA) is 55.6 Å². The van der Waals surface area contributed by atoms with E-state index < -0.39 is 0 Å². The SMILES string of the molecule is CC12COCC1CN(C(=O)c1ccc(N)cc1)C2. The number of nitrogens with two attached hydrogens (primary N) is 1. The number of rotatable bonds is 1. The summed E-state index contributed by atoms with van der Waals surface area (Å²) in [6.07, 6.45) is 0. The van der Waals surface area contributed by atoms with Crippen molar-refractivity contribution in [3.8, 4) is 0 Å². The van der Waals surface area contributed by atoms with E-state index >= 15 is 0 Å². The molecule has 1 aromatic carbocycles. The molecule has 0 aliphatic carbocycles. The van der Waals surface area contributed by atoms with E-state index in [1.54, 1.807) is 24.3 Å². The second-order valence-electron chi connectivity index (χ2n) is 5.67. The maximum absolute atomic E-state index is 12.4. The van der Waals surface area contributed by atoms with Crippen LogP contribution in [0.5, 0.6) is 0 Å². The van der Waals surface area contributed by atoms with E-state index in [4.69, 9.17) is 10.5 Å². The molecule has 4 heteroatoms. The van der Waals surface area contributed by atoms with Crippen LogP contribution in [0.1, 0.15) is 17.3 Å². The predicted molar refractivity (Wildman–Crippen MR) is 69.2 cm³/mol. The van der Waals surface area contributed by atoms with Crippen molar-refractivity contribution in [2.24, 2.45) is 11.3 Å². The number of benzene rings is 1. The molecule has 96 valence electrons. The van der Waals surface area contributed by atoms with Crippen LogP contribution in [0.3, 0.4) is 0 Å². The predicted octanol–water partition coefficient (Wildman–Crippen LogP) is 1.38. The molecule has 2 aliphatic rings. The van der Waals surface area contributed by atoms with Gasteiger partial charge in [0.2, 0.25) is 0 Å². The summed E-state index contributed by atoms with van der Waals surface area (Å²) >= 11 is 0. The summed E-state index contributed by atoms with van der Waals surface area (Å²) in [6, 6.07) is 7.14. The number of hydrogen-bond donors (Lipinski definition) is 1. The lowest BCUT2D eigenvalue weighted by atomic mass is 9.83. The summed E-state index contributed by atoms with van der Waals surface area (Å²) in [7, 11) is 0. The Bertz CT molecular complexity index is 471. The summed E-state index contributed by atoms with van der Waals surface area (Å²) in [4.78, 5) is 14.3. The van der Waals surface area contributed by atoms with Gasteiger partial charge in [-0.3, -0.25) is 4.79 Å². The van der Waals surface area contributed by atoms with Gasteiger partial charge < -0.3 is 15.4 Å². The van der Waals surface area contributed by atoms with Gasteiger partial charge in [0.1, 0.15) is 0 Å². The smallest absolute Gasteiger partial charge is 0.253 e. The normalized spacial score (nSPS) is 30.5. The molecule has 0 spiro atoms. The summed E-state index contributed by atoms with van der Waals surface area (Å²) < 4.78 is 5.51. The van der Waals surface area contributed by atoms with Crippen LogP contribution in [0.25, 0.3) is 0 Å². The first-order valence-corrected chi connectivity index (χ1v) is 6.31. The Labute approximate surface area is 107 Å². The van der Waals surface area contributed by atoms with Crippen molar-refractivity contribution < 1.29 is 9.53 Å². The maximum Gasteiger partial charge on any atom is 0.253 e. The van der Waals surface area contributed by atoms with Crippen molar-refractivity contribution in [3.05, 3.63) is 29.8 Å². The Kier molecular flexibility index (Phi) is 2.55. The highest BCUT2D eigenvalue weighted by atomic mass is 16.5. The first kappa shape index (κ1) is 11.5. The Hall–Kier alpha value is -1.55. The lowest BCUT2D eigenvalue weighted by molar-refractivity contribution is 0.0727. The Morgan fingerprint density at radius 2 is 2.17 bits per heavy atom. The highest BCUT2D eigenvalue weighted by molar-refractivity contribution is 5.94. The van der Waals surface area contributed by atoms with Crippen LogP contribution in [-0.4, -0.2) is 37.1 Å². The van der Waals surface area contributed by atoms with E-state index in [2.05, 4.69) is 6.92 Å². The number of fused-ring (bicyclic) bond motifs is 1. The minimum atomic E-state index is 0.102. The third-order valence-corrected chi connectivity index (χ3v) is 4.17. The molecule has 2 aliphatic heterocycles. The van der Waals surface area contributed by atoms with E-state index in [0.717, 1.165) is 26.3 Å². The van der Waals surface area contributed by atoms with Gasteiger partial charge in [-0.1, -0.05) is 6.92 Å². The molecule has 18 heavy (non-hydrogen) atoms. The lowest BCUT2D eigenvalue weighted by Gasteiger charge is -2.21. The molecule has 2 atom stereocenters. The van der Waals surface area contributed by atoms with E-state index in [-0.39, 0.29) is 11.3 Å². The van der Waals surface area contributed by atoms with Crippen LogP contribution >= 0.6 is 0 Å². The average Bonchev–Trinajstić information content (AvgIpc) is 2.84. The largest absolute Gasteiger partial charge is 0.399 e. The molecule has 2 N–H and O–H groups in total. The molecule has 0 saturated carbocycles. The number of anilines is 1. The lowest BCUT2D eigenvalue weighted by Crippen LogP contribution is -2.32. The van der Waals surface area contributed by atoms with Crippen molar-refractivity contribution in [1.82, 2.24) is 4.90 Å². The summed E-state index contributed by atoms with van der Waals surface area (Å²) in [5.74, 6) is 0.584. The first-order chi connectivity index (χ1) is 8.58. The molecule has 1 amide bonds. The molecule has 0 bridgehead atoms. The van der Waals surface area contributed by atoms with Crippen LogP contribution in [0.4, 0.5) is 5.69 Å². The molecule has 1 aromatic rings. The monoisotopic (exact) mass is 246 g/mol. The zero-order chi connectivity index (χ0) is 12.8. The van der Waals surface area contributed by atoms with Crippen molar-refractivity contribution in [2.75, 3.05) is 32.0 Å². The minimum absolute atomic E-state index is 0.102. The number of likely N-dealkylation sites (tertiary alicyclic amines) is 1. The van der Waals surface area contributed by atoms with Gasteiger partial charge in [-0.05, 0) is 24.3 Å². The van der Waals surface area contributed by atoms with Gasteiger partial charge in [0.25, 0.3) is 5.91 Å². The molecular weight excluding hydrogens is 228 g/mol. The van der Waals surface area contributed by atoms with Gasteiger partial charge in [0.15, 0.2) is 0 Å². The second-order valence-corrected chi connectivity index (χ2v) is 5.67. The Morgan fingerprint density at radius 1 is 1.44 bits per heavy atom. The van der Waals surface area contributed by atoms with E-state index in [1.165, 1.54) is 0 Å². The van der Waals surface area contributed by atoms with Gasteiger partial charge in [0, 0.05) is 35.7 Å². The van der Waals surface area contributed by atoms with Gasteiger partial charge in [-0.25, -0.2) is 0 Å². The standard InChI is InChI=1S/C14H18N2O2/c1-14-8-16(6-11(14)7-18-9-14)13(17)10-2-4-12(15)5-3-10/h2-5,11H,6-9,15H2,1H3. The van der Waals surface area contributed by atoms with E-state index in [9.17, 15) is 4.79 Å². The highest BCUT2D eigenvalue weighted by Crippen LogP contribution is 2.41. The molecule has 2 unspecified atom stereocenters. The minimum Gasteiger partial charge on any atom is -0.399 e. The van der Waals surface area contributed by atoms with Crippen molar-refractivity contribution in [1.29, 1.82) is 0 Å². The molecule has 4 nitrogen and oxygen atoms in total. The zero-order valence-corrected chi connectivity index (χ0v) is 10.6. The van der Waals surface area contributed by atoms with Crippen molar-refractivity contribution in [2.45, 2.75) is 6.92 Å². The van der Waals surface area contributed by atoms with Crippen LogP contribution in [0.15, 0.2) is 24.3 Å². The zero-order valence-electron chi connectivity index (χ0n) is 10.6. The van der Waals surface area contributed by atoms with E-state index in [1.807, 2.05) is 4.90 Å². The van der Waals surface area contributed by atoms with Gasteiger partial charge >= 0.3 is 0 Å². The van der Waals surface area contributed by atoms with Crippen LogP contribution in [0, 0.1) is 11.3 Å². The quantitative estimate of drug-likeness (QED) is 0.762. The van der Waals surface area contributed by atoms with Crippen molar-refractivity contribution in [3.63, 3.8) is 0 Å². The fourth-order valence-corrected chi connectivity index (χ4v) is 2.93. The summed E-state index contributed by atoms with van der Waals surface area (Å²) in [6.45, 7) is 5.35. The van der Waals surface area contributed by atoms with Crippen molar-refractivity contribution >= 4 is 11.6 Å². The van der Waals surface area contributed by atoms with Gasteiger partial charge in [0.05, 0.1) is 13.2 Å². The Balaban J connectivity index is 1.77. The average molecular weight is 246 g/mol. The van der Waals surface area contributed by atoms with E-state index in [0.29, 0.717) is 17.2 Å². The number of nitrogen functional groups attached to an aromatic ring is 1. The Morgan fingerprint density at radius 3 is 2.83 bits per heavy atom. The number of carbonyl (C=O) groups is 1. The van der Waals surface area contributed by atoms with Gasteiger partial charge in [-0.15, -0.1) is 0 Å². The van der Waals surface area contributed by atoms with Crippen LogP contribution < -0.4 is 5.73 Å². The van der Waals surface area contributed by atoms with Crippen LogP contribution in [-0.2, 0) is 4.74 Å². The molecule has 0 radical (unpaired) electrons. The number of carbonyl (C=O) groups excluding carboxylic acids is 1. The molecule has 3 rings (SSSR count). The third kappa shape index (κ3) is 1.77. The molecule has 2 heterocycles. The second kappa shape index (κ2) is 3.99. The first-order valence-electron chi connectivity index (χ1n) is 6.31. The number of amides is 1. The fraction of sp³-hybridized carbons (Fsp3) is 0.500. The summed E-state index contributed by atoms with van der Waals surface area (Å²) in [5.41, 5.74) is 7.18. The molecule has 2 fully saturated rings. The van der Waals surface area contributed by atoms with Crippen LogP contribution in [0.2, 0.25) is 0 Å². The number of hydrogen-bond acceptors (Lipinski definition) is 3. The third-order valence-electron chi connectivity index (χ3n) is 4.17. The fourth-order valence-electron chi connectivity index (χ4n) is 2.93. The molecule has 2 saturated heterocycles. The molecule has 0 aromatic heterocycles. The molecular formula is C14H18N2O2.